The molecule has 0 amide bonds. The van der Waals surface area contributed by atoms with Crippen LogP contribution in [0.4, 0.5) is 5.82 Å². The zero-order valence-corrected chi connectivity index (χ0v) is 11.7. The summed E-state index contributed by atoms with van der Waals surface area (Å²) in [5, 5.41) is 0. The average molecular weight is 309 g/mol. The molecule has 1 aromatic carbocycles. The van der Waals surface area contributed by atoms with Gasteiger partial charge in [0.2, 0.25) is 5.88 Å². The Balaban J connectivity index is 2.37. The lowest BCUT2D eigenvalue weighted by Gasteiger charge is -2.11. The van der Waals surface area contributed by atoms with Gasteiger partial charge in [0.1, 0.15) is 17.4 Å². The first-order valence-corrected chi connectivity index (χ1v) is 6.14. The summed E-state index contributed by atoms with van der Waals surface area (Å²) < 4.78 is 6.68. The van der Waals surface area contributed by atoms with Crippen LogP contribution in [0.25, 0.3) is 0 Å². The fourth-order valence-corrected chi connectivity index (χ4v) is 1.86. The minimum Gasteiger partial charge on any atom is -0.439 e. The maximum Gasteiger partial charge on any atom is 0.227 e. The van der Waals surface area contributed by atoms with Gasteiger partial charge in [-0.25, -0.2) is 10.8 Å². The SMILES string of the molecule is Cc1nc(NN)c(C)c(Oc2cccc(Br)c2)n1. The predicted octanol–water partition coefficient (Wildman–Crippen LogP) is 2.93. The van der Waals surface area contributed by atoms with Crippen molar-refractivity contribution in [2.24, 2.45) is 5.84 Å². The Kier molecular flexibility index (Phi) is 3.78. The van der Waals surface area contributed by atoms with Crippen LogP contribution in [0.15, 0.2) is 28.7 Å². The number of hydrogen-bond acceptors (Lipinski definition) is 5. The lowest BCUT2D eigenvalue weighted by Crippen LogP contribution is -2.12. The molecule has 0 atom stereocenters. The van der Waals surface area contributed by atoms with Crippen LogP contribution in [0.2, 0.25) is 0 Å². The van der Waals surface area contributed by atoms with Crippen molar-refractivity contribution in [2.75, 3.05) is 5.43 Å². The molecule has 0 aliphatic carbocycles. The number of rotatable bonds is 3. The highest BCUT2D eigenvalue weighted by Gasteiger charge is 2.10. The van der Waals surface area contributed by atoms with E-state index in [1.807, 2.05) is 31.2 Å². The largest absolute Gasteiger partial charge is 0.439 e. The quantitative estimate of drug-likeness (QED) is 0.673. The fraction of sp³-hybridized carbons (Fsp3) is 0.167. The molecule has 0 saturated carbocycles. The van der Waals surface area contributed by atoms with Gasteiger partial charge in [-0.05, 0) is 32.0 Å². The molecule has 0 aliphatic heterocycles. The number of nitrogen functional groups attached to an aromatic ring is 1. The first-order chi connectivity index (χ1) is 8.60. The standard InChI is InChI=1S/C12H13BrN4O/c1-7-11(17-14)15-8(2)16-12(7)18-10-5-3-4-9(13)6-10/h3-6H,14H2,1-2H3,(H,15,16,17). The number of nitrogens with one attached hydrogen (secondary N) is 1. The molecule has 0 bridgehead atoms. The molecule has 0 aliphatic rings. The number of ether oxygens (including phenoxy) is 1. The third-order valence-electron chi connectivity index (χ3n) is 2.36. The summed E-state index contributed by atoms with van der Waals surface area (Å²) in [6.07, 6.45) is 0. The van der Waals surface area contributed by atoms with Gasteiger partial charge in [-0.3, -0.25) is 0 Å². The lowest BCUT2D eigenvalue weighted by atomic mass is 10.3. The average Bonchev–Trinajstić information content (AvgIpc) is 2.33. The van der Waals surface area contributed by atoms with Crippen molar-refractivity contribution in [3.8, 4) is 11.6 Å². The summed E-state index contributed by atoms with van der Waals surface area (Å²) >= 11 is 3.39. The second-order valence-corrected chi connectivity index (χ2v) is 4.67. The minimum absolute atomic E-state index is 0.494. The van der Waals surface area contributed by atoms with Gasteiger partial charge in [-0.1, -0.05) is 22.0 Å². The molecule has 1 heterocycles. The summed E-state index contributed by atoms with van der Waals surface area (Å²) in [6, 6.07) is 7.55. The zero-order chi connectivity index (χ0) is 13.1. The molecule has 0 unspecified atom stereocenters. The molecule has 2 rings (SSSR count). The molecule has 6 heteroatoms. The third-order valence-corrected chi connectivity index (χ3v) is 2.85. The summed E-state index contributed by atoms with van der Waals surface area (Å²) in [5.74, 6) is 7.76. The molecule has 0 spiro atoms. The Hall–Kier alpha value is -1.66. The highest BCUT2D eigenvalue weighted by atomic mass is 79.9. The molecule has 1 aromatic heterocycles. The van der Waals surface area contributed by atoms with E-state index in [2.05, 4.69) is 31.3 Å². The van der Waals surface area contributed by atoms with E-state index in [4.69, 9.17) is 10.6 Å². The molecule has 0 radical (unpaired) electrons. The van der Waals surface area contributed by atoms with Crippen LogP contribution >= 0.6 is 15.9 Å². The van der Waals surface area contributed by atoms with Crippen LogP contribution in [0, 0.1) is 13.8 Å². The van der Waals surface area contributed by atoms with E-state index in [9.17, 15) is 0 Å². The Labute approximate surface area is 113 Å². The van der Waals surface area contributed by atoms with E-state index in [1.54, 1.807) is 6.92 Å². The third kappa shape index (κ3) is 2.77. The number of benzene rings is 1. The Morgan fingerprint density at radius 3 is 2.72 bits per heavy atom. The number of anilines is 1. The molecule has 18 heavy (non-hydrogen) atoms. The lowest BCUT2D eigenvalue weighted by molar-refractivity contribution is 0.456. The molecule has 3 N–H and O–H groups in total. The van der Waals surface area contributed by atoms with Gasteiger partial charge in [-0.2, -0.15) is 4.98 Å². The second kappa shape index (κ2) is 5.32. The maximum absolute atomic E-state index is 5.74. The monoisotopic (exact) mass is 308 g/mol. The van der Waals surface area contributed by atoms with E-state index in [1.165, 1.54) is 0 Å². The summed E-state index contributed by atoms with van der Waals surface area (Å²) in [6.45, 7) is 3.63. The fourth-order valence-electron chi connectivity index (χ4n) is 1.48. The maximum atomic E-state index is 5.74. The summed E-state index contributed by atoms with van der Waals surface area (Å²) in [4.78, 5) is 8.44. The van der Waals surface area contributed by atoms with Crippen molar-refractivity contribution in [3.05, 3.63) is 40.1 Å². The van der Waals surface area contributed by atoms with Crippen molar-refractivity contribution in [3.63, 3.8) is 0 Å². The number of aromatic nitrogens is 2. The smallest absolute Gasteiger partial charge is 0.227 e. The van der Waals surface area contributed by atoms with Crippen LogP contribution in [-0.4, -0.2) is 9.97 Å². The molecule has 0 saturated heterocycles. The van der Waals surface area contributed by atoms with Gasteiger partial charge >= 0.3 is 0 Å². The van der Waals surface area contributed by atoms with Crippen LogP contribution in [-0.2, 0) is 0 Å². The normalized spacial score (nSPS) is 10.2. The molecular weight excluding hydrogens is 296 g/mol. The zero-order valence-electron chi connectivity index (χ0n) is 10.1. The van der Waals surface area contributed by atoms with Gasteiger partial charge in [-0.15, -0.1) is 0 Å². The Morgan fingerprint density at radius 1 is 1.28 bits per heavy atom. The summed E-state index contributed by atoms with van der Waals surface area (Å²) in [7, 11) is 0. The van der Waals surface area contributed by atoms with Crippen LogP contribution in [0.1, 0.15) is 11.4 Å². The first-order valence-electron chi connectivity index (χ1n) is 5.35. The number of halogens is 1. The summed E-state index contributed by atoms with van der Waals surface area (Å²) in [5.41, 5.74) is 3.30. The molecule has 5 nitrogen and oxygen atoms in total. The number of aryl methyl sites for hydroxylation is 1. The Bertz CT molecular complexity index is 574. The number of nitrogens with zero attached hydrogens (tertiary/aromatic N) is 2. The van der Waals surface area contributed by atoms with Gasteiger partial charge < -0.3 is 10.2 Å². The number of nitrogens with two attached hydrogens (primary N) is 1. The van der Waals surface area contributed by atoms with E-state index in [-0.39, 0.29) is 0 Å². The molecule has 2 aromatic rings. The number of hydrazine groups is 1. The van der Waals surface area contributed by atoms with Gasteiger partial charge in [0.15, 0.2) is 0 Å². The van der Waals surface area contributed by atoms with Crippen molar-refractivity contribution < 1.29 is 4.74 Å². The molecular formula is C12H13BrN4O. The predicted molar refractivity (Wildman–Crippen MR) is 73.5 cm³/mol. The van der Waals surface area contributed by atoms with E-state index in [0.29, 0.717) is 23.3 Å². The molecule has 94 valence electrons. The second-order valence-electron chi connectivity index (χ2n) is 3.75. The van der Waals surface area contributed by atoms with Crippen LogP contribution in [0.3, 0.4) is 0 Å². The van der Waals surface area contributed by atoms with E-state index >= 15 is 0 Å². The minimum atomic E-state index is 0.494. The van der Waals surface area contributed by atoms with Crippen molar-refractivity contribution in [1.29, 1.82) is 0 Å². The van der Waals surface area contributed by atoms with Gasteiger partial charge in [0.25, 0.3) is 0 Å². The van der Waals surface area contributed by atoms with E-state index < -0.39 is 0 Å². The van der Waals surface area contributed by atoms with Crippen molar-refractivity contribution in [2.45, 2.75) is 13.8 Å². The van der Waals surface area contributed by atoms with E-state index in [0.717, 1.165) is 10.0 Å². The molecule has 0 fully saturated rings. The van der Waals surface area contributed by atoms with Crippen LogP contribution < -0.4 is 16.0 Å². The van der Waals surface area contributed by atoms with Crippen molar-refractivity contribution in [1.82, 2.24) is 9.97 Å². The Morgan fingerprint density at radius 2 is 2.06 bits per heavy atom. The highest BCUT2D eigenvalue weighted by molar-refractivity contribution is 9.10. The number of hydrogen-bond donors (Lipinski definition) is 2. The van der Waals surface area contributed by atoms with Crippen LogP contribution in [0.5, 0.6) is 11.6 Å². The highest BCUT2D eigenvalue weighted by Crippen LogP contribution is 2.28. The first kappa shape index (κ1) is 12.8. The topological polar surface area (TPSA) is 73.1 Å². The van der Waals surface area contributed by atoms with Gasteiger partial charge in [0, 0.05) is 4.47 Å². The van der Waals surface area contributed by atoms with Gasteiger partial charge in [0.05, 0.1) is 5.56 Å². The van der Waals surface area contributed by atoms with Crippen molar-refractivity contribution >= 4 is 21.7 Å².